The van der Waals surface area contributed by atoms with E-state index in [2.05, 4.69) is 22.0 Å². The minimum Gasteiger partial charge on any atom is -0.384 e. The summed E-state index contributed by atoms with van der Waals surface area (Å²) in [5.41, 5.74) is 8.56. The van der Waals surface area contributed by atoms with Gasteiger partial charge < -0.3 is 15.4 Å². The highest BCUT2D eigenvalue weighted by molar-refractivity contribution is 6.01. The number of aromatic nitrogens is 2. The second kappa shape index (κ2) is 6.39. The molecule has 0 aliphatic carbocycles. The van der Waals surface area contributed by atoms with Gasteiger partial charge in [-0.3, -0.25) is 5.41 Å². The first-order valence-electron chi connectivity index (χ1n) is 7.61. The monoisotopic (exact) mass is 291 g/mol. The van der Waals surface area contributed by atoms with E-state index in [1.807, 2.05) is 20.8 Å². The van der Waals surface area contributed by atoms with Crippen LogP contribution in [0.15, 0.2) is 0 Å². The minimum absolute atomic E-state index is 0.0678. The normalized spacial score (nSPS) is 22.4. The summed E-state index contributed by atoms with van der Waals surface area (Å²) in [5.74, 6) is 0.789. The molecule has 0 unspecified atom stereocenters. The first-order valence-corrected chi connectivity index (χ1v) is 7.61. The lowest BCUT2D eigenvalue weighted by Crippen LogP contribution is -2.46. The summed E-state index contributed by atoms with van der Waals surface area (Å²) < 4.78 is 5.76. The summed E-state index contributed by atoms with van der Waals surface area (Å²) in [5, 5.41) is 16.7. The van der Waals surface area contributed by atoms with Crippen molar-refractivity contribution in [3.05, 3.63) is 16.8 Å². The van der Waals surface area contributed by atoms with Crippen molar-refractivity contribution < 1.29 is 4.74 Å². The van der Waals surface area contributed by atoms with Crippen LogP contribution in [0.2, 0.25) is 0 Å². The lowest BCUT2D eigenvalue weighted by Gasteiger charge is -2.37. The molecule has 1 fully saturated rings. The third-order valence-electron chi connectivity index (χ3n) is 3.82. The fourth-order valence-corrected chi connectivity index (χ4v) is 3.02. The molecule has 116 valence electrons. The number of amidine groups is 1. The van der Waals surface area contributed by atoms with Crippen LogP contribution in [-0.4, -0.2) is 41.3 Å². The molecule has 3 N–H and O–H groups in total. The van der Waals surface area contributed by atoms with E-state index in [0.717, 1.165) is 48.6 Å². The van der Waals surface area contributed by atoms with Gasteiger partial charge in [-0.25, -0.2) is 0 Å². The number of aryl methyl sites for hydroxylation is 1. The van der Waals surface area contributed by atoms with Crippen molar-refractivity contribution in [3.63, 3.8) is 0 Å². The second-order valence-corrected chi connectivity index (χ2v) is 5.61. The number of anilines is 1. The smallest absolute Gasteiger partial charge is 0.162 e. The van der Waals surface area contributed by atoms with Crippen LogP contribution in [0.25, 0.3) is 0 Å². The van der Waals surface area contributed by atoms with E-state index in [4.69, 9.17) is 15.9 Å². The molecule has 6 nitrogen and oxygen atoms in total. The molecule has 1 aliphatic heterocycles. The van der Waals surface area contributed by atoms with Crippen LogP contribution in [0.3, 0.4) is 0 Å². The maximum absolute atomic E-state index is 7.96. The van der Waals surface area contributed by atoms with Crippen molar-refractivity contribution in [1.82, 2.24) is 10.2 Å². The van der Waals surface area contributed by atoms with Crippen molar-refractivity contribution >= 4 is 11.7 Å². The van der Waals surface area contributed by atoms with E-state index in [1.54, 1.807) is 0 Å². The predicted molar refractivity (Wildman–Crippen MR) is 84.0 cm³/mol. The fourth-order valence-electron chi connectivity index (χ4n) is 3.02. The number of rotatable bonds is 4. The van der Waals surface area contributed by atoms with Crippen LogP contribution in [0.5, 0.6) is 0 Å². The van der Waals surface area contributed by atoms with Gasteiger partial charge in [-0.15, -0.1) is 5.10 Å². The van der Waals surface area contributed by atoms with Crippen LogP contribution in [0.4, 0.5) is 5.82 Å². The van der Waals surface area contributed by atoms with Gasteiger partial charge in [0, 0.05) is 13.1 Å². The van der Waals surface area contributed by atoms with E-state index >= 15 is 0 Å². The van der Waals surface area contributed by atoms with E-state index in [9.17, 15) is 0 Å². The van der Waals surface area contributed by atoms with Crippen molar-refractivity contribution in [3.8, 4) is 0 Å². The van der Waals surface area contributed by atoms with Gasteiger partial charge in [0.05, 0.1) is 23.5 Å². The molecule has 0 saturated carbocycles. The highest BCUT2D eigenvalue weighted by atomic mass is 16.5. The molecule has 2 atom stereocenters. The average Bonchev–Trinajstić information content (AvgIpc) is 2.44. The summed E-state index contributed by atoms with van der Waals surface area (Å²) in [6, 6.07) is 0. The summed E-state index contributed by atoms with van der Waals surface area (Å²) in [7, 11) is 0. The molecule has 6 heteroatoms. The largest absolute Gasteiger partial charge is 0.384 e. The molecular weight excluding hydrogens is 266 g/mol. The van der Waals surface area contributed by atoms with Gasteiger partial charge in [-0.05, 0) is 32.3 Å². The number of morpholine rings is 1. The van der Waals surface area contributed by atoms with E-state index < -0.39 is 0 Å². The highest BCUT2D eigenvalue weighted by Gasteiger charge is 2.27. The second-order valence-electron chi connectivity index (χ2n) is 5.61. The molecule has 1 aliphatic rings. The number of nitrogen functional groups attached to an aromatic ring is 1. The Labute approximate surface area is 126 Å². The molecule has 0 radical (unpaired) electrons. The Hall–Kier alpha value is -1.69. The van der Waals surface area contributed by atoms with Crippen LogP contribution >= 0.6 is 0 Å². The molecule has 0 spiro atoms. The van der Waals surface area contributed by atoms with Crippen molar-refractivity contribution in [1.29, 1.82) is 5.41 Å². The molecule has 2 heterocycles. The van der Waals surface area contributed by atoms with Gasteiger partial charge in [-0.2, -0.15) is 5.10 Å². The molecule has 0 amide bonds. The number of hydrogen-bond acceptors (Lipinski definition) is 5. The van der Waals surface area contributed by atoms with Crippen molar-refractivity contribution in [2.45, 2.75) is 52.7 Å². The van der Waals surface area contributed by atoms with E-state index in [1.165, 1.54) is 0 Å². The van der Waals surface area contributed by atoms with Crippen molar-refractivity contribution in [2.24, 2.45) is 5.73 Å². The topological polar surface area (TPSA) is 88.1 Å². The summed E-state index contributed by atoms with van der Waals surface area (Å²) in [6.07, 6.45) is 1.86. The Kier molecular flexibility index (Phi) is 4.77. The van der Waals surface area contributed by atoms with Crippen LogP contribution in [0, 0.1) is 5.41 Å². The Morgan fingerprint density at radius 3 is 2.33 bits per heavy atom. The summed E-state index contributed by atoms with van der Waals surface area (Å²) in [4.78, 5) is 2.14. The first kappa shape index (κ1) is 15.7. The third kappa shape index (κ3) is 3.15. The van der Waals surface area contributed by atoms with E-state index in [0.29, 0.717) is 0 Å². The van der Waals surface area contributed by atoms with Crippen LogP contribution in [0.1, 0.15) is 44.5 Å². The Morgan fingerprint density at radius 1 is 1.24 bits per heavy atom. The highest BCUT2D eigenvalue weighted by Crippen LogP contribution is 2.26. The average molecular weight is 291 g/mol. The van der Waals surface area contributed by atoms with Gasteiger partial charge in [0.2, 0.25) is 0 Å². The third-order valence-corrected chi connectivity index (χ3v) is 3.82. The number of nitrogens with zero attached hydrogens (tertiary/aromatic N) is 3. The van der Waals surface area contributed by atoms with Gasteiger partial charge >= 0.3 is 0 Å². The van der Waals surface area contributed by atoms with Crippen LogP contribution < -0.4 is 10.6 Å². The lowest BCUT2D eigenvalue weighted by molar-refractivity contribution is -0.00552. The fraction of sp³-hybridized carbons (Fsp3) is 0.667. The standard InChI is InChI=1S/C15H25N5O/c1-5-11-12(6-2)18-19-15(13(11)14(16)17)20-7-9(3)21-10(4)8-20/h9-10H,5-8H2,1-4H3,(H3,16,17)/t9-,10+. The molecule has 0 aromatic carbocycles. The Balaban J connectivity index is 2.50. The zero-order chi connectivity index (χ0) is 15.6. The Bertz CT molecular complexity index is 521. The summed E-state index contributed by atoms with van der Waals surface area (Å²) >= 11 is 0. The minimum atomic E-state index is 0.0678. The molecule has 21 heavy (non-hydrogen) atoms. The molecule has 0 bridgehead atoms. The zero-order valence-corrected chi connectivity index (χ0v) is 13.3. The van der Waals surface area contributed by atoms with Gasteiger partial charge in [0.25, 0.3) is 0 Å². The molecule has 2 rings (SSSR count). The maximum Gasteiger partial charge on any atom is 0.162 e. The van der Waals surface area contributed by atoms with E-state index in [-0.39, 0.29) is 18.0 Å². The Morgan fingerprint density at radius 2 is 1.86 bits per heavy atom. The molecule has 1 saturated heterocycles. The van der Waals surface area contributed by atoms with Crippen LogP contribution in [-0.2, 0) is 17.6 Å². The summed E-state index contributed by atoms with van der Waals surface area (Å²) in [6.45, 7) is 9.69. The molecular formula is C15H25N5O. The SMILES string of the molecule is CCc1nnc(N2C[C@@H](C)O[C@@H](C)C2)c(C(=N)N)c1CC. The van der Waals surface area contributed by atoms with Gasteiger partial charge in [0.1, 0.15) is 5.84 Å². The molecule has 1 aromatic rings. The zero-order valence-electron chi connectivity index (χ0n) is 13.3. The van der Waals surface area contributed by atoms with Crippen molar-refractivity contribution in [2.75, 3.05) is 18.0 Å². The predicted octanol–water partition coefficient (Wildman–Crippen LogP) is 1.50. The maximum atomic E-state index is 7.96. The molecule has 1 aromatic heterocycles. The lowest BCUT2D eigenvalue weighted by atomic mass is 10.0. The number of ether oxygens (including phenoxy) is 1. The quantitative estimate of drug-likeness (QED) is 0.648. The number of hydrogen-bond donors (Lipinski definition) is 2. The van der Waals surface area contributed by atoms with Gasteiger partial charge in [0.15, 0.2) is 5.82 Å². The first-order chi connectivity index (χ1) is 9.97. The number of nitrogens with two attached hydrogens (primary N) is 1. The number of nitrogens with one attached hydrogen (secondary N) is 1. The van der Waals surface area contributed by atoms with Gasteiger partial charge in [-0.1, -0.05) is 13.8 Å².